The normalized spacial score (nSPS) is 14.1. The number of halogens is 3. The molecule has 1 rings (SSSR count). The number of nitrogens with zero attached hydrogens (tertiary/aromatic N) is 2. The minimum Gasteiger partial charge on any atom is -0.477 e. The van der Waals surface area contributed by atoms with Gasteiger partial charge in [-0.3, -0.25) is 4.68 Å². The molecule has 1 N–H and O–H groups in total. The molecule has 1 unspecified atom stereocenters. The standard InChI is InChI=1S/C10H13F3N2O2/c1-5(2)6(3)15-7(9(16)17)4-8(14-15)10(11,12)13/h4-6H,1-3H3,(H,16,17). The summed E-state index contributed by atoms with van der Waals surface area (Å²) in [4.78, 5) is 10.9. The van der Waals surface area contributed by atoms with E-state index in [1.807, 2.05) is 0 Å². The van der Waals surface area contributed by atoms with E-state index in [1.165, 1.54) is 0 Å². The first-order valence-electron chi connectivity index (χ1n) is 5.04. The van der Waals surface area contributed by atoms with Crippen molar-refractivity contribution in [2.75, 3.05) is 0 Å². The zero-order chi connectivity index (χ0) is 13.4. The third-order valence-corrected chi connectivity index (χ3v) is 2.60. The van der Waals surface area contributed by atoms with Crippen molar-refractivity contribution in [2.24, 2.45) is 5.92 Å². The van der Waals surface area contributed by atoms with Gasteiger partial charge in [-0.2, -0.15) is 18.3 Å². The highest BCUT2D eigenvalue weighted by molar-refractivity contribution is 5.85. The molecule has 0 saturated carbocycles. The number of carboxylic acids is 1. The Morgan fingerprint density at radius 2 is 1.94 bits per heavy atom. The molecule has 0 aliphatic heterocycles. The quantitative estimate of drug-likeness (QED) is 0.897. The van der Waals surface area contributed by atoms with Crippen LogP contribution in [0, 0.1) is 5.92 Å². The first-order chi connectivity index (χ1) is 7.64. The van der Waals surface area contributed by atoms with Crippen molar-refractivity contribution in [3.63, 3.8) is 0 Å². The van der Waals surface area contributed by atoms with E-state index in [1.54, 1.807) is 20.8 Å². The van der Waals surface area contributed by atoms with E-state index in [2.05, 4.69) is 5.10 Å². The van der Waals surface area contributed by atoms with Gasteiger partial charge in [-0.05, 0) is 12.8 Å². The van der Waals surface area contributed by atoms with Gasteiger partial charge in [-0.1, -0.05) is 13.8 Å². The fraction of sp³-hybridized carbons (Fsp3) is 0.600. The van der Waals surface area contributed by atoms with Crippen molar-refractivity contribution in [3.8, 4) is 0 Å². The van der Waals surface area contributed by atoms with E-state index in [-0.39, 0.29) is 5.92 Å². The topological polar surface area (TPSA) is 55.1 Å². The van der Waals surface area contributed by atoms with E-state index >= 15 is 0 Å². The van der Waals surface area contributed by atoms with Crippen LogP contribution in [0.2, 0.25) is 0 Å². The molecule has 17 heavy (non-hydrogen) atoms. The molecule has 1 atom stereocenters. The Kier molecular flexibility index (Phi) is 3.49. The molecule has 0 aliphatic rings. The molecule has 1 aromatic rings. The molecule has 1 aromatic heterocycles. The third kappa shape index (κ3) is 2.78. The van der Waals surface area contributed by atoms with Gasteiger partial charge >= 0.3 is 12.1 Å². The number of carboxylic acid groups (broad SMARTS) is 1. The van der Waals surface area contributed by atoms with Crippen molar-refractivity contribution in [1.29, 1.82) is 0 Å². The van der Waals surface area contributed by atoms with Crippen LogP contribution in [-0.4, -0.2) is 20.9 Å². The van der Waals surface area contributed by atoms with Crippen LogP contribution in [0.1, 0.15) is 43.0 Å². The van der Waals surface area contributed by atoms with E-state index in [4.69, 9.17) is 5.11 Å². The first-order valence-corrected chi connectivity index (χ1v) is 5.04. The van der Waals surface area contributed by atoms with Crippen LogP contribution < -0.4 is 0 Å². The van der Waals surface area contributed by atoms with Crippen LogP contribution in [0.25, 0.3) is 0 Å². The lowest BCUT2D eigenvalue weighted by Gasteiger charge is -2.17. The molecule has 0 radical (unpaired) electrons. The van der Waals surface area contributed by atoms with E-state index in [0.29, 0.717) is 6.07 Å². The van der Waals surface area contributed by atoms with Crippen molar-refractivity contribution < 1.29 is 23.1 Å². The van der Waals surface area contributed by atoms with Gasteiger partial charge in [0, 0.05) is 6.07 Å². The minimum absolute atomic E-state index is 0.0194. The Balaban J connectivity index is 3.29. The van der Waals surface area contributed by atoms with Crippen molar-refractivity contribution >= 4 is 5.97 Å². The van der Waals surface area contributed by atoms with Crippen molar-refractivity contribution in [3.05, 3.63) is 17.5 Å². The van der Waals surface area contributed by atoms with Gasteiger partial charge in [-0.25, -0.2) is 4.79 Å². The van der Waals surface area contributed by atoms with Gasteiger partial charge in [0.1, 0.15) is 5.69 Å². The van der Waals surface area contributed by atoms with E-state index in [9.17, 15) is 18.0 Å². The molecule has 4 nitrogen and oxygen atoms in total. The molecule has 0 spiro atoms. The Hall–Kier alpha value is -1.53. The molecular formula is C10H13F3N2O2. The molecule has 0 amide bonds. The van der Waals surface area contributed by atoms with Crippen LogP contribution in [0.15, 0.2) is 6.07 Å². The summed E-state index contributed by atoms with van der Waals surface area (Å²) < 4.78 is 38.2. The predicted octanol–water partition coefficient (Wildman–Crippen LogP) is 2.82. The molecule has 0 saturated heterocycles. The molecule has 0 bridgehead atoms. The van der Waals surface area contributed by atoms with Gasteiger partial charge in [0.2, 0.25) is 0 Å². The monoisotopic (exact) mass is 250 g/mol. The molecule has 0 aliphatic carbocycles. The fourth-order valence-electron chi connectivity index (χ4n) is 1.29. The zero-order valence-electron chi connectivity index (χ0n) is 9.62. The first kappa shape index (κ1) is 13.5. The Bertz CT molecular complexity index is 424. The highest BCUT2D eigenvalue weighted by atomic mass is 19.4. The number of aromatic nitrogens is 2. The molecule has 1 heterocycles. The second kappa shape index (κ2) is 4.38. The molecule has 96 valence electrons. The maximum absolute atomic E-state index is 12.4. The maximum atomic E-state index is 12.4. The van der Waals surface area contributed by atoms with Gasteiger partial charge in [0.15, 0.2) is 5.69 Å². The highest BCUT2D eigenvalue weighted by Gasteiger charge is 2.36. The third-order valence-electron chi connectivity index (χ3n) is 2.60. The van der Waals surface area contributed by atoms with Crippen LogP contribution >= 0.6 is 0 Å². The molecular weight excluding hydrogens is 237 g/mol. The van der Waals surface area contributed by atoms with Gasteiger partial charge in [0.05, 0.1) is 6.04 Å². The van der Waals surface area contributed by atoms with E-state index < -0.39 is 29.6 Å². The minimum atomic E-state index is -4.63. The lowest BCUT2D eigenvalue weighted by Crippen LogP contribution is -2.18. The van der Waals surface area contributed by atoms with Crippen molar-refractivity contribution in [1.82, 2.24) is 9.78 Å². The second-order valence-corrected chi connectivity index (χ2v) is 4.15. The van der Waals surface area contributed by atoms with Crippen molar-refractivity contribution in [2.45, 2.75) is 33.0 Å². The summed E-state index contributed by atoms with van der Waals surface area (Å²) in [5, 5.41) is 12.2. The SMILES string of the molecule is CC(C)C(C)n1nc(C(F)(F)F)cc1C(=O)O. The summed E-state index contributed by atoms with van der Waals surface area (Å²) in [5.74, 6) is -1.44. The van der Waals surface area contributed by atoms with Crippen LogP contribution in [-0.2, 0) is 6.18 Å². The largest absolute Gasteiger partial charge is 0.477 e. The van der Waals surface area contributed by atoms with E-state index in [0.717, 1.165) is 4.68 Å². The predicted molar refractivity (Wildman–Crippen MR) is 53.7 cm³/mol. The summed E-state index contributed by atoms with van der Waals surface area (Å²) in [6.07, 6.45) is -4.63. The average molecular weight is 250 g/mol. The number of rotatable bonds is 3. The second-order valence-electron chi connectivity index (χ2n) is 4.15. The summed E-state index contributed by atoms with van der Waals surface area (Å²) in [6, 6.07) is 0.137. The zero-order valence-corrected chi connectivity index (χ0v) is 9.62. The average Bonchev–Trinajstić information content (AvgIpc) is 2.59. The Morgan fingerprint density at radius 1 is 1.41 bits per heavy atom. The molecule has 0 aromatic carbocycles. The molecule has 7 heteroatoms. The lowest BCUT2D eigenvalue weighted by atomic mass is 10.1. The van der Waals surface area contributed by atoms with Crippen LogP contribution in [0.3, 0.4) is 0 Å². The summed E-state index contributed by atoms with van der Waals surface area (Å²) in [5.41, 5.74) is -1.62. The Labute approximate surface area is 96.0 Å². The Morgan fingerprint density at radius 3 is 2.29 bits per heavy atom. The summed E-state index contributed by atoms with van der Waals surface area (Å²) in [7, 11) is 0. The highest BCUT2D eigenvalue weighted by Crippen LogP contribution is 2.30. The number of aromatic carboxylic acids is 1. The number of alkyl halides is 3. The number of carbonyl (C=O) groups is 1. The lowest BCUT2D eigenvalue weighted by molar-refractivity contribution is -0.141. The number of hydrogen-bond acceptors (Lipinski definition) is 2. The maximum Gasteiger partial charge on any atom is 0.435 e. The summed E-state index contributed by atoms with van der Waals surface area (Å²) >= 11 is 0. The van der Waals surface area contributed by atoms with Gasteiger partial charge in [-0.15, -0.1) is 0 Å². The molecule has 0 fully saturated rings. The summed E-state index contributed by atoms with van der Waals surface area (Å²) in [6.45, 7) is 5.20. The van der Waals surface area contributed by atoms with Crippen LogP contribution in [0.4, 0.5) is 13.2 Å². The van der Waals surface area contributed by atoms with Gasteiger partial charge < -0.3 is 5.11 Å². The fourth-order valence-corrected chi connectivity index (χ4v) is 1.29. The smallest absolute Gasteiger partial charge is 0.435 e. The number of hydrogen-bond donors (Lipinski definition) is 1. The van der Waals surface area contributed by atoms with Gasteiger partial charge in [0.25, 0.3) is 0 Å². The van der Waals surface area contributed by atoms with Crippen LogP contribution in [0.5, 0.6) is 0 Å².